The molecule has 3 heterocycles. The number of likely N-dealkylation sites (N-methyl/N-ethyl adjacent to an activating group) is 1. The quantitative estimate of drug-likeness (QED) is 0.452. The number of hydrogen-bond acceptors (Lipinski definition) is 8. The first-order valence-electron chi connectivity index (χ1n) is 8.88. The molecule has 152 valence electrons. The van der Waals surface area contributed by atoms with Crippen LogP contribution in [0.15, 0.2) is 20.3 Å². The molecule has 2 aliphatic heterocycles. The first-order valence-corrected chi connectivity index (χ1v) is 10.6. The highest BCUT2D eigenvalue weighted by atomic mass is 32.2. The summed E-state index contributed by atoms with van der Waals surface area (Å²) in [7, 11) is 0. The third kappa shape index (κ3) is 3.66. The topological polar surface area (TPSA) is 132 Å². The highest BCUT2D eigenvalue weighted by Gasteiger charge is 2.60. The summed E-state index contributed by atoms with van der Waals surface area (Å²) >= 11 is 2.47. The number of fused-ring (bicyclic) bond motifs is 1. The Morgan fingerprint density at radius 2 is 2.18 bits per heavy atom. The van der Waals surface area contributed by atoms with Gasteiger partial charge in [0.15, 0.2) is 4.34 Å². The van der Waals surface area contributed by atoms with Gasteiger partial charge < -0.3 is 25.7 Å². The second-order valence-corrected chi connectivity index (χ2v) is 8.85. The number of carboxylic acids is 1. The summed E-state index contributed by atoms with van der Waals surface area (Å²) in [5.74, 6) is -2.18. The number of anilines is 1. The SMILES string of the molecule is CCNCC(=O)Nc1csc(SC2=C(C(=O)O)N3C(=O)[C@H]([C@@H](C)O)[C@H]3[C@H]2C)n1. The van der Waals surface area contributed by atoms with Gasteiger partial charge in [-0.2, -0.15) is 0 Å². The van der Waals surface area contributed by atoms with E-state index in [1.807, 2.05) is 13.8 Å². The molecule has 0 saturated carbocycles. The molecule has 28 heavy (non-hydrogen) atoms. The molecule has 0 aromatic carbocycles. The number of β-lactam (4-membered cyclic amide) rings is 1. The molecule has 4 atom stereocenters. The van der Waals surface area contributed by atoms with Crippen molar-refractivity contribution in [3.63, 3.8) is 0 Å². The Bertz CT molecular complexity index is 837. The van der Waals surface area contributed by atoms with E-state index in [0.29, 0.717) is 21.6 Å². The molecule has 2 aliphatic rings. The number of carbonyl (C=O) groups is 3. The second kappa shape index (κ2) is 8.19. The standard InChI is InChI=1S/C17H22N4O5S2/c1-4-18-5-10(23)19-9-6-27-17(20-9)28-14-7(2)12-11(8(3)22)15(24)21(12)13(14)16(25)26/h6-8,11-12,18,22H,4-5H2,1-3H3,(H,19,23)(H,25,26)/t7-,8-,11-,12-/m1/s1. The van der Waals surface area contributed by atoms with Gasteiger partial charge in [-0.05, 0) is 13.5 Å². The van der Waals surface area contributed by atoms with Crippen LogP contribution in [0.3, 0.4) is 0 Å². The Hall–Kier alpha value is -1.95. The van der Waals surface area contributed by atoms with Crippen LogP contribution < -0.4 is 10.6 Å². The van der Waals surface area contributed by atoms with Gasteiger partial charge in [0.05, 0.1) is 24.6 Å². The fourth-order valence-electron chi connectivity index (χ4n) is 3.54. The number of rotatable bonds is 8. The second-order valence-electron chi connectivity index (χ2n) is 6.70. The molecule has 0 bridgehead atoms. The van der Waals surface area contributed by atoms with Crippen molar-refractivity contribution in [3.05, 3.63) is 16.0 Å². The van der Waals surface area contributed by atoms with E-state index in [-0.39, 0.29) is 36.0 Å². The molecular weight excluding hydrogens is 404 g/mol. The van der Waals surface area contributed by atoms with Crippen LogP contribution in [0.5, 0.6) is 0 Å². The van der Waals surface area contributed by atoms with Crippen molar-refractivity contribution < 1.29 is 24.6 Å². The minimum absolute atomic E-state index is 0.0441. The average molecular weight is 427 g/mol. The Morgan fingerprint density at radius 1 is 1.46 bits per heavy atom. The van der Waals surface area contributed by atoms with Gasteiger partial charge in [0, 0.05) is 16.2 Å². The van der Waals surface area contributed by atoms with Crippen LogP contribution in [0.1, 0.15) is 20.8 Å². The summed E-state index contributed by atoms with van der Waals surface area (Å²) < 4.78 is 0.572. The third-order valence-corrected chi connectivity index (χ3v) is 7.02. The van der Waals surface area contributed by atoms with Crippen molar-refractivity contribution in [1.29, 1.82) is 0 Å². The van der Waals surface area contributed by atoms with Gasteiger partial charge >= 0.3 is 5.97 Å². The highest BCUT2D eigenvalue weighted by molar-refractivity contribution is 8.04. The zero-order valence-corrected chi connectivity index (χ0v) is 17.3. The van der Waals surface area contributed by atoms with E-state index in [0.717, 1.165) is 0 Å². The Labute approximate surface area is 170 Å². The van der Waals surface area contributed by atoms with Crippen LogP contribution in [0.2, 0.25) is 0 Å². The summed E-state index contributed by atoms with van der Waals surface area (Å²) in [6, 6.07) is -0.361. The molecule has 1 saturated heterocycles. The van der Waals surface area contributed by atoms with Crippen molar-refractivity contribution in [3.8, 4) is 0 Å². The monoisotopic (exact) mass is 426 g/mol. The van der Waals surface area contributed by atoms with Crippen LogP contribution in [-0.2, 0) is 14.4 Å². The van der Waals surface area contributed by atoms with Crippen molar-refractivity contribution in [2.45, 2.75) is 37.3 Å². The molecule has 1 aromatic heterocycles. The first kappa shape index (κ1) is 20.8. The van der Waals surface area contributed by atoms with Crippen molar-refractivity contribution >= 4 is 46.7 Å². The molecular formula is C17H22N4O5S2. The average Bonchev–Trinajstić information content (AvgIpc) is 3.14. The molecule has 0 spiro atoms. The summed E-state index contributed by atoms with van der Waals surface area (Å²) in [5.41, 5.74) is -0.0441. The van der Waals surface area contributed by atoms with Crippen LogP contribution in [0.25, 0.3) is 0 Å². The molecule has 2 amide bonds. The van der Waals surface area contributed by atoms with E-state index in [1.165, 1.54) is 28.0 Å². The maximum Gasteiger partial charge on any atom is 0.353 e. The number of thiazole rings is 1. The lowest BCUT2D eigenvalue weighted by Crippen LogP contribution is -2.63. The van der Waals surface area contributed by atoms with Crippen LogP contribution >= 0.6 is 23.1 Å². The lowest BCUT2D eigenvalue weighted by atomic mass is 9.79. The molecule has 4 N–H and O–H groups in total. The molecule has 11 heteroatoms. The number of nitrogens with one attached hydrogen (secondary N) is 2. The minimum Gasteiger partial charge on any atom is -0.477 e. The van der Waals surface area contributed by atoms with Crippen molar-refractivity contribution in [1.82, 2.24) is 15.2 Å². The highest BCUT2D eigenvalue weighted by Crippen LogP contribution is 2.52. The van der Waals surface area contributed by atoms with E-state index in [2.05, 4.69) is 15.6 Å². The fraction of sp³-hybridized carbons (Fsp3) is 0.529. The maximum atomic E-state index is 12.3. The molecule has 3 rings (SSSR count). The van der Waals surface area contributed by atoms with Gasteiger partial charge in [-0.25, -0.2) is 9.78 Å². The van der Waals surface area contributed by atoms with Crippen molar-refractivity contribution in [2.75, 3.05) is 18.4 Å². The maximum absolute atomic E-state index is 12.3. The lowest BCUT2D eigenvalue weighted by Gasteiger charge is -2.46. The van der Waals surface area contributed by atoms with E-state index in [9.17, 15) is 24.6 Å². The number of aliphatic hydroxyl groups is 1. The number of aliphatic carboxylic acids is 1. The summed E-state index contributed by atoms with van der Waals surface area (Å²) in [6.45, 7) is 6.16. The summed E-state index contributed by atoms with van der Waals surface area (Å²) in [6.07, 6.45) is -0.839. The summed E-state index contributed by atoms with van der Waals surface area (Å²) in [5, 5.41) is 26.8. The minimum atomic E-state index is -1.18. The molecule has 0 radical (unpaired) electrons. The van der Waals surface area contributed by atoms with Gasteiger partial charge in [0.1, 0.15) is 11.5 Å². The number of thioether (sulfide) groups is 1. The van der Waals surface area contributed by atoms with E-state index in [4.69, 9.17) is 0 Å². The van der Waals surface area contributed by atoms with Crippen LogP contribution in [-0.4, -0.2) is 63.1 Å². The Balaban J connectivity index is 1.77. The number of carboxylic acid groups (broad SMARTS) is 1. The number of aliphatic hydroxyl groups excluding tert-OH is 1. The number of carbonyl (C=O) groups excluding carboxylic acids is 2. The van der Waals surface area contributed by atoms with Crippen LogP contribution in [0, 0.1) is 11.8 Å². The molecule has 1 fully saturated rings. The number of aromatic nitrogens is 1. The van der Waals surface area contributed by atoms with E-state index < -0.39 is 18.0 Å². The number of hydrogen-bond donors (Lipinski definition) is 4. The van der Waals surface area contributed by atoms with E-state index >= 15 is 0 Å². The predicted octanol–water partition coefficient (Wildman–Crippen LogP) is 0.937. The zero-order valence-electron chi connectivity index (χ0n) is 15.6. The molecule has 9 nitrogen and oxygen atoms in total. The summed E-state index contributed by atoms with van der Waals surface area (Å²) in [4.78, 5) is 42.1. The fourth-order valence-corrected chi connectivity index (χ4v) is 5.56. The zero-order chi connectivity index (χ0) is 20.6. The largest absolute Gasteiger partial charge is 0.477 e. The van der Waals surface area contributed by atoms with E-state index in [1.54, 1.807) is 12.3 Å². The van der Waals surface area contributed by atoms with Gasteiger partial charge in [-0.15, -0.1) is 11.3 Å². The number of nitrogens with zero attached hydrogens (tertiary/aromatic N) is 2. The lowest BCUT2D eigenvalue weighted by molar-refractivity contribution is -0.163. The molecule has 1 aromatic rings. The molecule has 0 unspecified atom stereocenters. The van der Waals surface area contributed by atoms with Gasteiger partial charge in [0.25, 0.3) is 0 Å². The van der Waals surface area contributed by atoms with Gasteiger partial charge in [0.2, 0.25) is 11.8 Å². The van der Waals surface area contributed by atoms with Crippen molar-refractivity contribution in [2.24, 2.45) is 11.8 Å². The van der Waals surface area contributed by atoms with Gasteiger partial charge in [-0.1, -0.05) is 25.6 Å². The first-order chi connectivity index (χ1) is 13.3. The smallest absolute Gasteiger partial charge is 0.353 e. The predicted molar refractivity (Wildman–Crippen MR) is 105 cm³/mol. The Morgan fingerprint density at radius 3 is 2.79 bits per heavy atom. The van der Waals surface area contributed by atoms with Gasteiger partial charge in [-0.3, -0.25) is 9.59 Å². The Kier molecular flexibility index (Phi) is 6.08. The molecule has 0 aliphatic carbocycles. The third-order valence-electron chi connectivity index (χ3n) is 4.79. The normalized spacial score (nSPS) is 24.8. The number of amides is 2. The van der Waals surface area contributed by atoms with Crippen LogP contribution in [0.4, 0.5) is 5.82 Å².